The van der Waals surface area contributed by atoms with Gasteiger partial charge in [0.25, 0.3) is 0 Å². The number of nitrogens with one attached hydrogen (secondary N) is 4. The largest absolute Gasteiger partial charge is 0.495 e. The lowest BCUT2D eigenvalue weighted by molar-refractivity contribution is -0.116. The van der Waals surface area contributed by atoms with E-state index in [0.717, 1.165) is 34.9 Å². The number of carbonyl (C=O) groups is 1. The molecule has 1 aliphatic rings. The van der Waals surface area contributed by atoms with Crippen molar-refractivity contribution in [2.75, 3.05) is 12.4 Å². The molecule has 1 aliphatic carbocycles. The summed E-state index contributed by atoms with van der Waals surface area (Å²) in [5.41, 5.74) is 3.72. The minimum atomic E-state index is -2.85. The molecule has 2 heterocycles. The van der Waals surface area contributed by atoms with E-state index in [1.807, 2.05) is 24.4 Å². The Kier molecular flexibility index (Phi) is 6.61. The van der Waals surface area contributed by atoms with Crippen LogP contribution in [-0.4, -0.2) is 37.4 Å². The standard InChI is InChI=1S/C26H25ClN6O3S/c1-3-24(34)30-12-15-4-8-18-19(13-29-22(18)10-15)25-20(27)14-31-26(33-25)32-21-9-7-17(11-23(21)36-2)37(28,35)16-5-6-16/h3-4,7-11,13-14,16,28-29H,1,5-6,12H2,2H3,(H,30,34)(H,31,32,33). The van der Waals surface area contributed by atoms with Gasteiger partial charge in [0.1, 0.15) is 5.75 Å². The van der Waals surface area contributed by atoms with Crippen LogP contribution in [0.15, 0.2) is 66.3 Å². The maximum absolute atomic E-state index is 12.8. The van der Waals surface area contributed by atoms with E-state index in [2.05, 4.69) is 32.2 Å². The monoisotopic (exact) mass is 536 g/mol. The van der Waals surface area contributed by atoms with Gasteiger partial charge in [0.15, 0.2) is 0 Å². The lowest BCUT2D eigenvalue weighted by atomic mass is 10.1. The van der Waals surface area contributed by atoms with Crippen LogP contribution in [0.3, 0.4) is 0 Å². The highest BCUT2D eigenvalue weighted by atomic mass is 35.5. The lowest BCUT2D eigenvalue weighted by Gasteiger charge is -2.14. The summed E-state index contributed by atoms with van der Waals surface area (Å²) in [4.78, 5) is 24.1. The number of methoxy groups -OCH3 is 1. The predicted octanol–water partition coefficient (Wildman–Crippen LogP) is 5.40. The number of H-pyrrole nitrogens is 1. The molecule has 1 amide bonds. The van der Waals surface area contributed by atoms with Crippen LogP contribution in [0, 0.1) is 4.78 Å². The van der Waals surface area contributed by atoms with Crippen molar-refractivity contribution in [3.8, 4) is 17.0 Å². The van der Waals surface area contributed by atoms with E-state index < -0.39 is 9.73 Å². The first-order valence-corrected chi connectivity index (χ1v) is 13.6. The van der Waals surface area contributed by atoms with Crippen LogP contribution in [0.25, 0.3) is 22.2 Å². The third-order valence-electron chi connectivity index (χ3n) is 6.16. The third-order valence-corrected chi connectivity index (χ3v) is 8.80. The summed E-state index contributed by atoms with van der Waals surface area (Å²) < 4.78 is 26.6. The van der Waals surface area contributed by atoms with E-state index in [-0.39, 0.29) is 11.2 Å². The Morgan fingerprint density at radius 2 is 2.14 bits per heavy atom. The molecular formula is C26H25ClN6O3S. The topological polar surface area (TPSA) is 133 Å². The minimum absolute atomic E-state index is 0.0867. The number of hydrogen-bond acceptors (Lipinski definition) is 7. The molecule has 1 fully saturated rings. The zero-order valence-electron chi connectivity index (χ0n) is 20.0. The first kappa shape index (κ1) is 24.8. The zero-order valence-corrected chi connectivity index (χ0v) is 21.6. The van der Waals surface area contributed by atoms with E-state index in [4.69, 9.17) is 21.1 Å². The maximum atomic E-state index is 12.8. The van der Waals surface area contributed by atoms with Crippen molar-refractivity contribution in [1.29, 1.82) is 4.78 Å². The van der Waals surface area contributed by atoms with Crippen LogP contribution >= 0.6 is 11.6 Å². The fraction of sp³-hybridized carbons (Fsp3) is 0.192. The zero-order chi connectivity index (χ0) is 26.2. The SMILES string of the molecule is C=CC(=O)NCc1ccc2c(-c3nc(Nc4ccc(S(=N)(=O)C5CC5)cc4OC)ncc3Cl)c[nH]c2c1. The van der Waals surface area contributed by atoms with Crippen molar-refractivity contribution in [2.45, 2.75) is 29.5 Å². The molecule has 1 saturated carbocycles. The van der Waals surface area contributed by atoms with Gasteiger partial charge in [0, 0.05) is 34.5 Å². The number of hydrogen-bond donors (Lipinski definition) is 4. The number of amides is 1. The van der Waals surface area contributed by atoms with E-state index in [1.165, 1.54) is 19.4 Å². The Bertz CT molecular complexity index is 1630. The summed E-state index contributed by atoms with van der Waals surface area (Å²) in [6.07, 6.45) is 6.21. The van der Waals surface area contributed by atoms with Crippen molar-refractivity contribution in [2.24, 2.45) is 0 Å². The Labute approximate surface area is 219 Å². The van der Waals surface area contributed by atoms with Crippen molar-refractivity contribution in [3.63, 3.8) is 0 Å². The lowest BCUT2D eigenvalue weighted by Crippen LogP contribution is -2.19. The molecule has 9 nitrogen and oxygen atoms in total. The van der Waals surface area contributed by atoms with Crippen LogP contribution in [0.5, 0.6) is 5.75 Å². The number of nitrogens with zero attached hydrogens (tertiary/aromatic N) is 2. The summed E-state index contributed by atoms with van der Waals surface area (Å²) in [5.74, 6) is 0.515. The van der Waals surface area contributed by atoms with Gasteiger partial charge in [0.05, 0.1) is 44.3 Å². The predicted molar refractivity (Wildman–Crippen MR) is 145 cm³/mol. The summed E-state index contributed by atoms with van der Waals surface area (Å²) in [5, 5.41) is 7.12. The van der Waals surface area contributed by atoms with Gasteiger partial charge >= 0.3 is 0 Å². The van der Waals surface area contributed by atoms with Crippen LogP contribution < -0.4 is 15.4 Å². The number of aromatic amines is 1. The van der Waals surface area contributed by atoms with Crippen molar-refractivity contribution >= 4 is 49.8 Å². The van der Waals surface area contributed by atoms with Gasteiger partial charge in [-0.2, -0.15) is 0 Å². The van der Waals surface area contributed by atoms with Crippen molar-refractivity contribution < 1.29 is 13.7 Å². The Hall–Kier alpha value is -3.89. The molecule has 0 radical (unpaired) electrons. The van der Waals surface area contributed by atoms with Crippen LogP contribution in [-0.2, 0) is 21.1 Å². The quantitative estimate of drug-likeness (QED) is 0.212. The van der Waals surface area contributed by atoms with E-state index in [1.54, 1.807) is 18.2 Å². The first-order valence-electron chi connectivity index (χ1n) is 11.6. The average Bonchev–Trinajstić information content (AvgIpc) is 3.69. The summed E-state index contributed by atoms with van der Waals surface area (Å²) >= 11 is 6.49. The molecule has 0 saturated heterocycles. The molecule has 4 aromatic rings. The molecule has 37 heavy (non-hydrogen) atoms. The molecule has 0 aliphatic heterocycles. The summed E-state index contributed by atoms with van der Waals surface area (Å²) in [6, 6.07) is 10.9. The van der Waals surface area contributed by atoms with Gasteiger partial charge in [-0.1, -0.05) is 30.3 Å². The van der Waals surface area contributed by atoms with Crippen LogP contribution in [0.4, 0.5) is 11.6 Å². The summed E-state index contributed by atoms with van der Waals surface area (Å²) in [6.45, 7) is 3.84. The van der Waals surface area contributed by atoms with Gasteiger partial charge in [0.2, 0.25) is 11.9 Å². The number of carbonyl (C=O) groups excluding carboxylic acids is 1. The molecule has 2 aromatic carbocycles. The highest BCUT2D eigenvalue weighted by Crippen LogP contribution is 2.38. The molecule has 2 aromatic heterocycles. The Morgan fingerprint density at radius 1 is 1.32 bits per heavy atom. The van der Waals surface area contributed by atoms with Gasteiger partial charge in [-0.3, -0.25) is 4.79 Å². The van der Waals surface area contributed by atoms with E-state index in [9.17, 15) is 9.00 Å². The second-order valence-electron chi connectivity index (χ2n) is 8.68. The fourth-order valence-electron chi connectivity index (χ4n) is 4.03. The minimum Gasteiger partial charge on any atom is -0.495 e. The molecule has 1 unspecified atom stereocenters. The highest BCUT2D eigenvalue weighted by Gasteiger charge is 2.34. The molecule has 190 valence electrons. The molecule has 11 heteroatoms. The fourth-order valence-corrected chi connectivity index (χ4v) is 5.96. The van der Waals surface area contributed by atoms with Crippen LogP contribution in [0.2, 0.25) is 5.02 Å². The second kappa shape index (κ2) is 9.87. The number of fused-ring (bicyclic) bond motifs is 1. The van der Waals surface area contributed by atoms with Gasteiger partial charge < -0.3 is 20.4 Å². The van der Waals surface area contributed by atoms with E-state index in [0.29, 0.717) is 39.5 Å². The average molecular weight is 537 g/mol. The molecule has 0 spiro atoms. The van der Waals surface area contributed by atoms with Gasteiger partial charge in [-0.25, -0.2) is 19.0 Å². The van der Waals surface area contributed by atoms with Gasteiger partial charge in [-0.05, 0) is 48.7 Å². The van der Waals surface area contributed by atoms with E-state index >= 15 is 0 Å². The Balaban J connectivity index is 1.43. The summed E-state index contributed by atoms with van der Waals surface area (Å²) in [7, 11) is -1.33. The van der Waals surface area contributed by atoms with Crippen LogP contribution in [0.1, 0.15) is 18.4 Å². The number of benzene rings is 2. The number of anilines is 2. The number of halogens is 1. The van der Waals surface area contributed by atoms with Gasteiger partial charge in [-0.15, -0.1) is 0 Å². The maximum Gasteiger partial charge on any atom is 0.243 e. The first-order chi connectivity index (χ1) is 17.8. The highest BCUT2D eigenvalue weighted by molar-refractivity contribution is 7.93. The number of ether oxygens (including phenoxy) is 1. The molecule has 5 rings (SSSR count). The molecular weight excluding hydrogens is 512 g/mol. The number of rotatable bonds is 9. The van der Waals surface area contributed by atoms with Crippen molar-refractivity contribution in [1.82, 2.24) is 20.3 Å². The second-order valence-corrected chi connectivity index (χ2v) is 11.4. The molecule has 4 N–H and O–H groups in total. The molecule has 0 bridgehead atoms. The molecule has 1 atom stereocenters. The third kappa shape index (κ3) is 5.03. The normalized spacial score (nSPS) is 14.6. The van der Waals surface area contributed by atoms with Crippen molar-refractivity contribution in [3.05, 3.63) is 72.0 Å². The number of aromatic nitrogens is 3. The Morgan fingerprint density at radius 3 is 2.86 bits per heavy atom. The smallest absolute Gasteiger partial charge is 0.243 e.